The zero-order valence-corrected chi connectivity index (χ0v) is 16.0. The molecule has 0 spiro atoms. The second kappa shape index (κ2) is 7.85. The smallest absolute Gasteiger partial charge is 0.224 e. The Kier molecular flexibility index (Phi) is 5.30. The van der Waals surface area contributed by atoms with E-state index < -0.39 is 12.1 Å². The highest BCUT2D eigenvalue weighted by Gasteiger charge is 2.50. The number of para-hydroxylation sites is 1. The lowest BCUT2D eigenvalue weighted by Crippen LogP contribution is -2.68. The minimum absolute atomic E-state index is 0.277. The van der Waals surface area contributed by atoms with Crippen molar-refractivity contribution in [3.8, 4) is 0 Å². The van der Waals surface area contributed by atoms with Crippen LogP contribution in [-0.4, -0.2) is 34.7 Å². The Balaban J connectivity index is 1.36. The topological polar surface area (TPSA) is 74.0 Å². The van der Waals surface area contributed by atoms with Crippen LogP contribution in [0.1, 0.15) is 51.9 Å². The van der Waals surface area contributed by atoms with E-state index in [0.29, 0.717) is 6.04 Å². The van der Waals surface area contributed by atoms with Crippen molar-refractivity contribution in [3.63, 3.8) is 0 Å². The van der Waals surface area contributed by atoms with Gasteiger partial charge in [0.1, 0.15) is 12.1 Å². The van der Waals surface area contributed by atoms with E-state index in [2.05, 4.69) is 22.5 Å². The van der Waals surface area contributed by atoms with Crippen LogP contribution in [0.15, 0.2) is 30.5 Å². The molecule has 5 heteroatoms. The Morgan fingerprint density at radius 3 is 2.56 bits per heavy atom. The first-order valence-corrected chi connectivity index (χ1v) is 10.3. The van der Waals surface area contributed by atoms with Crippen molar-refractivity contribution >= 4 is 28.2 Å². The van der Waals surface area contributed by atoms with Gasteiger partial charge < -0.3 is 15.6 Å². The summed E-state index contributed by atoms with van der Waals surface area (Å²) in [4.78, 5) is 27.6. The fraction of sp³-hybridized carbons (Fsp3) is 0.545. The van der Waals surface area contributed by atoms with E-state index in [-0.39, 0.29) is 11.6 Å². The monoisotopic (exact) mass is 367 g/mol. The minimum Gasteiger partial charge on any atom is -0.371 e. The number of nitrogens with one attached hydrogen (secondary N) is 3. The summed E-state index contributed by atoms with van der Waals surface area (Å²) in [6.07, 6.45) is 10.4. The van der Waals surface area contributed by atoms with Crippen molar-refractivity contribution in [2.75, 3.05) is 5.32 Å². The molecule has 2 fully saturated rings. The van der Waals surface area contributed by atoms with Gasteiger partial charge in [-0.25, -0.2) is 0 Å². The number of benzene rings is 1. The number of carbonyl (C=O) groups excluding carboxylic acids is 2. The van der Waals surface area contributed by atoms with Crippen molar-refractivity contribution in [3.05, 3.63) is 30.5 Å². The van der Waals surface area contributed by atoms with Gasteiger partial charge in [-0.2, -0.15) is 0 Å². The number of fused-ring (bicyclic) bond motifs is 1. The second-order valence-corrected chi connectivity index (χ2v) is 8.10. The Labute approximate surface area is 160 Å². The first kappa shape index (κ1) is 18.2. The average molecular weight is 367 g/mol. The summed E-state index contributed by atoms with van der Waals surface area (Å²) in [5.74, 6) is 0.247. The number of H-pyrrole nitrogens is 1. The zero-order chi connectivity index (χ0) is 18.8. The second-order valence-electron chi connectivity index (χ2n) is 8.10. The summed E-state index contributed by atoms with van der Waals surface area (Å²) in [5, 5.41) is 7.81. The lowest BCUT2D eigenvalue weighted by atomic mass is 9.79. The number of hydrogen-bond donors (Lipinski definition) is 3. The van der Waals surface area contributed by atoms with Gasteiger partial charge in [-0.1, -0.05) is 44.4 Å². The molecule has 1 heterocycles. The molecule has 2 aliphatic carbocycles. The third kappa shape index (κ3) is 3.65. The number of unbranched alkanes of at least 4 members (excludes halogenated alkanes) is 1. The lowest BCUT2D eigenvalue weighted by molar-refractivity contribution is -0.145. The van der Waals surface area contributed by atoms with Gasteiger partial charge >= 0.3 is 0 Å². The summed E-state index contributed by atoms with van der Waals surface area (Å²) >= 11 is 0. The molecule has 2 atom stereocenters. The van der Waals surface area contributed by atoms with Crippen LogP contribution in [0.2, 0.25) is 0 Å². The molecule has 0 radical (unpaired) electrons. The standard InChI is InChI=1S/C22H29N3O2/c1-2-3-6-14-9-11-15(12-10-14)24-19-20(22(27)21(19)26)25-18-13-23-17-8-5-4-7-16(17)18/h4-5,7-8,13-15,19-20,23-25H,2-3,6,9-12H2,1H3. The number of anilines is 1. The number of aromatic amines is 1. The predicted octanol–water partition coefficient (Wildman–Crippen LogP) is 3.81. The van der Waals surface area contributed by atoms with E-state index in [4.69, 9.17) is 0 Å². The molecule has 2 aliphatic rings. The first-order chi connectivity index (χ1) is 13.2. The summed E-state index contributed by atoms with van der Waals surface area (Å²) in [6, 6.07) is 7.44. The molecule has 144 valence electrons. The van der Waals surface area contributed by atoms with E-state index in [9.17, 15) is 9.59 Å². The molecule has 27 heavy (non-hydrogen) atoms. The molecule has 1 aromatic heterocycles. The van der Waals surface area contributed by atoms with Gasteiger partial charge in [0.25, 0.3) is 0 Å². The van der Waals surface area contributed by atoms with E-state index >= 15 is 0 Å². The van der Waals surface area contributed by atoms with Crippen molar-refractivity contribution in [1.82, 2.24) is 10.3 Å². The molecular formula is C22H29N3O2. The van der Waals surface area contributed by atoms with Gasteiger partial charge in [0, 0.05) is 23.1 Å². The Bertz CT molecular complexity index is 820. The number of Topliss-reactive ketones (excluding diaryl/α,β-unsaturated/α-hetero) is 2. The van der Waals surface area contributed by atoms with Gasteiger partial charge in [0.05, 0.1) is 5.69 Å². The molecule has 1 aromatic carbocycles. The summed E-state index contributed by atoms with van der Waals surface area (Å²) < 4.78 is 0. The van der Waals surface area contributed by atoms with Crippen molar-refractivity contribution in [2.45, 2.75) is 70.0 Å². The maximum Gasteiger partial charge on any atom is 0.224 e. The summed E-state index contributed by atoms with van der Waals surface area (Å²) in [6.45, 7) is 2.24. The van der Waals surface area contributed by atoms with E-state index in [1.165, 1.54) is 32.1 Å². The quantitative estimate of drug-likeness (QED) is 0.651. The molecule has 2 saturated carbocycles. The fourth-order valence-electron chi connectivity index (χ4n) is 4.56. The number of ketones is 2. The normalized spacial score (nSPS) is 28.3. The third-order valence-corrected chi connectivity index (χ3v) is 6.27. The molecule has 0 amide bonds. The fourth-order valence-corrected chi connectivity index (χ4v) is 4.56. The van der Waals surface area contributed by atoms with Crippen LogP contribution in [0.25, 0.3) is 10.9 Å². The Morgan fingerprint density at radius 2 is 1.78 bits per heavy atom. The maximum atomic E-state index is 12.2. The van der Waals surface area contributed by atoms with Gasteiger partial charge in [0.15, 0.2) is 0 Å². The molecule has 3 N–H and O–H groups in total. The molecule has 0 saturated heterocycles. The SMILES string of the molecule is CCCCC1CCC(NC2C(=O)C(=O)C2Nc2c[nH]c3ccccc23)CC1. The van der Waals surface area contributed by atoms with E-state index in [1.54, 1.807) is 0 Å². The highest BCUT2D eigenvalue weighted by molar-refractivity contribution is 6.49. The Morgan fingerprint density at radius 1 is 1.04 bits per heavy atom. The van der Waals surface area contributed by atoms with Crippen LogP contribution in [0, 0.1) is 5.92 Å². The van der Waals surface area contributed by atoms with Crippen LogP contribution in [-0.2, 0) is 9.59 Å². The largest absolute Gasteiger partial charge is 0.371 e. The Hall–Kier alpha value is -2.14. The molecular weight excluding hydrogens is 338 g/mol. The maximum absolute atomic E-state index is 12.2. The molecule has 0 bridgehead atoms. The highest BCUT2D eigenvalue weighted by Crippen LogP contribution is 2.30. The van der Waals surface area contributed by atoms with Crippen LogP contribution in [0.3, 0.4) is 0 Å². The molecule has 0 aliphatic heterocycles. The number of carbonyl (C=O) groups is 2. The van der Waals surface area contributed by atoms with E-state index in [1.807, 2.05) is 30.5 Å². The van der Waals surface area contributed by atoms with Crippen LogP contribution < -0.4 is 10.6 Å². The van der Waals surface area contributed by atoms with Crippen molar-refractivity contribution < 1.29 is 9.59 Å². The molecule has 5 nitrogen and oxygen atoms in total. The third-order valence-electron chi connectivity index (χ3n) is 6.27. The van der Waals surface area contributed by atoms with Crippen LogP contribution in [0.5, 0.6) is 0 Å². The van der Waals surface area contributed by atoms with Gasteiger partial charge in [-0.3, -0.25) is 9.59 Å². The number of aromatic nitrogens is 1. The molecule has 2 aromatic rings. The summed E-state index contributed by atoms with van der Waals surface area (Å²) in [5.41, 5.74) is 1.90. The summed E-state index contributed by atoms with van der Waals surface area (Å²) in [7, 11) is 0. The molecule has 2 unspecified atom stereocenters. The van der Waals surface area contributed by atoms with Crippen molar-refractivity contribution in [1.29, 1.82) is 0 Å². The zero-order valence-electron chi connectivity index (χ0n) is 16.0. The van der Waals surface area contributed by atoms with Crippen molar-refractivity contribution in [2.24, 2.45) is 5.92 Å². The highest BCUT2D eigenvalue weighted by atomic mass is 16.2. The number of hydrogen-bond acceptors (Lipinski definition) is 4. The van der Waals surface area contributed by atoms with Crippen LogP contribution in [0.4, 0.5) is 5.69 Å². The first-order valence-electron chi connectivity index (χ1n) is 10.3. The van der Waals surface area contributed by atoms with Gasteiger partial charge in [-0.05, 0) is 37.7 Å². The lowest BCUT2D eigenvalue weighted by Gasteiger charge is -2.39. The van der Waals surface area contributed by atoms with Gasteiger partial charge in [-0.15, -0.1) is 0 Å². The number of rotatable bonds is 7. The predicted molar refractivity (Wildman–Crippen MR) is 108 cm³/mol. The average Bonchev–Trinajstić information content (AvgIpc) is 3.12. The van der Waals surface area contributed by atoms with Crippen LogP contribution >= 0.6 is 0 Å². The minimum atomic E-state index is -0.463. The molecule has 4 rings (SSSR count). The van der Waals surface area contributed by atoms with Gasteiger partial charge in [0.2, 0.25) is 11.6 Å². The van der Waals surface area contributed by atoms with E-state index in [0.717, 1.165) is 35.3 Å².